The molecular formula is C14H21NO3. The molecule has 1 heterocycles. The van der Waals surface area contributed by atoms with Gasteiger partial charge < -0.3 is 14.6 Å². The molecular weight excluding hydrogens is 230 g/mol. The van der Waals surface area contributed by atoms with Crippen LogP contribution in [0.4, 0.5) is 0 Å². The lowest BCUT2D eigenvalue weighted by Gasteiger charge is -2.35. The van der Waals surface area contributed by atoms with Gasteiger partial charge >= 0.3 is 0 Å². The molecule has 1 N–H and O–H groups in total. The zero-order chi connectivity index (χ0) is 13.1. The first-order valence-corrected chi connectivity index (χ1v) is 6.31. The summed E-state index contributed by atoms with van der Waals surface area (Å²) < 4.78 is 10.7. The molecule has 18 heavy (non-hydrogen) atoms. The van der Waals surface area contributed by atoms with E-state index >= 15 is 0 Å². The fourth-order valence-corrected chi connectivity index (χ4v) is 2.63. The minimum atomic E-state index is 0.201. The van der Waals surface area contributed by atoms with E-state index in [1.807, 2.05) is 0 Å². The third-order valence-corrected chi connectivity index (χ3v) is 3.70. The van der Waals surface area contributed by atoms with Gasteiger partial charge in [-0.1, -0.05) is 0 Å². The van der Waals surface area contributed by atoms with Gasteiger partial charge in [0.25, 0.3) is 0 Å². The second-order valence-electron chi connectivity index (χ2n) is 4.59. The first-order chi connectivity index (χ1) is 8.71. The van der Waals surface area contributed by atoms with Crippen molar-refractivity contribution in [2.75, 3.05) is 33.9 Å². The van der Waals surface area contributed by atoms with Crippen molar-refractivity contribution in [2.45, 2.75) is 19.4 Å². The number of fused-ring (bicyclic) bond motifs is 1. The lowest BCUT2D eigenvalue weighted by Crippen LogP contribution is -2.36. The number of nitrogens with zero attached hydrogens (tertiary/aromatic N) is 1. The Bertz CT molecular complexity index is 420. The first-order valence-electron chi connectivity index (χ1n) is 6.31. The van der Waals surface area contributed by atoms with Crippen molar-refractivity contribution >= 4 is 0 Å². The van der Waals surface area contributed by atoms with E-state index in [0.29, 0.717) is 6.04 Å². The van der Waals surface area contributed by atoms with E-state index in [1.165, 1.54) is 11.1 Å². The first kappa shape index (κ1) is 13.2. The molecule has 0 aliphatic carbocycles. The molecule has 2 rings (SSSR count). The van der Waals surface area contributed by atoms with Crippen LogP contribution in [0, 0.1) is 0 Å². The summed E-state index contributed by atoms with van der Waals surface area (Å²) in [7, 11) is 3.32. The minimum Gasteiger partial charge on any atom is -0.493 e. The summed E-state index contributed by atoms with van der Waals surface area (Å²) in [5.74, 6) is 1.56. The van der Waals surface area contributed by atoms with Gasteiger partial charge in [-0.15, -0.1) is 0 Å². The fourth-order valence-electron chi connectivity index (χ4n) is 2.63. The standard InChI is InChI=1S/C14H21NO3/c1-10-12-9-14(18-3)13(17-2)8-11(12)4-5-15(10)6-7-16/h8-10,16H,4-7H2,1-3H3/t10-/m0/s1. The van der Waals surface area contributed by atoms with Gasteiger partial charge in [-0.2, -0.15) is 0 Å². The summed E-state index contributed by atoms with van der Waals surface area (Å²) in [4.78, 5) is 2.29. The van der Waals surface area contributed by atoms with E-state index in [1.54, 1.807) is 14.2 Å². The number of benzene rings is 1. The Hall–Kier alpha value is -1.26. The normalized spacial score (nSPS) is 19.4. The smallest absolute Gasteiger partial charge is 0.161 e. The highest BCUT2D eigenvalue weighted by Gasteiger charge is 2.25. The Morgan fingerprint density at radius 1 is 1.28 bits per heavy atom. The van der Waals surface area contributed by atoms with Crippen molar-refractivity contribution in [3.05, 3.63) is 23.3 Å². The van der Waals surface area contributed by atoms with E-state index in [0.717, 1.165) is 31.0 Å². The molecule has 0 spiro atoms. The molecule has 0 saturated heterocycles. The Labute approximate surface area is 108 Å². The van der Waals surface area contributed by atoms with Crippen LogP contribution in [-0.4, -0.2) is 43.9 Å². The number of hydrogen-bond donors (Lipinski definition) is 1. The minimum absolute atomic E-state index is 0.201. The van der Waals surface area contributed by atoms with Crippen molar-refractivity contribution in [3.63, 3.8) is 0 Å². The van der Waals surface area contributed by atoms with E-state index in [-0.39, 0.29) is 6.61 Å². The Kier molecular flexibility index (Phi) is 4.09. The van der Waals surface area contributed by atoms with Crippen molar-refractivity contribution in [1.29, 1.82) is 0 Å². The summed E-state index contributed by atoms with van der Waals surface area (Å²) in [5.41, 5.74) is 2.58. The number of ether oxygens (including phenoxy) is 2. The van der Waals surface area contributed by atoms with Crippen LogP contribution in [0.2, 0.25) is 0 Å². The topological polar surface area (TPSA) is 41.9 Å². The molecule has 0 saturated carbocycles. The Morgan fingerprint density at radius 2 is 1.94 bits per heavy atom. The van der Waals surface area contributed by atoms with E-state index in [2.05, 4.69) is 24.0 Å². The maximum Gasteiger partial charge on any atom is 0.161 e. The number of aliphatic hydroxyl groups is 1. The third-order valence-electron chi connectivity index (χ3n) is 3.70. The molecule has 4 heteroatoms. The average molecular weight is 251 g/mol. The number of methoxy groups -OCH3 is 2. The van der Waals surface area contributed by atoms with Crippen LogP contribution in [0.5, 0.6) is 11.5 Å². The molecule has 0 aromatic heterocycles. The Morgan fingerprint density at radius 3 is 2.56 bits per heavy atom. The maximum absolute atomic E-state index is 9.08. The monoisotopic (exact) mass is 251 g/mol. The molecule has 1 aromatic carbocycles. The quantitative estimate of drug-likeness (QED) is 0.883. The third kappa shape index (κ3) is 2.31. The van der Waals surface area contributed by atoms with Gasteiger partial charge in [-0.25, -0.2) is 0 Å². The van der Waals surface area contributed by atoms with E-state index < -0.39 is 0 Å². The zero-order valence-electron chi connectivity index (χ0n) is 11.3. The summed E-state index contributed by atoms with van der Waals surface area (Å²) >= 11 is 0. The van der Waals surface area contributed by atoms with E-state index in [4.69, 9.17) is 14.6 Å². The average Bonchev–Trinajstić information content (AvgIpc) is 2.41. The maximum atomic E-state index is 9.08. The van der Waals surface area contributed by atoms with E-state index in [9.17, 15) is 0 Å². The molecule has 100 valence electrons. The second-order valence-corrected chi connectivity index (χ2v) is 4.59. The molecule has 1 aliphatic rings. The van der Waals surface area contributed by atoms with Crippen LogP contribution >= 0.6 is 0 Å². The molecule has 4 nitrogen and oxygen atoms in total. The summed E-state index contributed by atoms with van der Waals surface area (Å²) in [6.07, 6.45) is 0.986. The van der Waals surface area contributed by atoms with Crippen LogP contribution in [0.25, 0.3) is 0 Å². The summed E-state index contributed by atoms with van der Waals surface area (Å²) in [5, 5.41) is 9.08. The van der Waals surface area contributed by atoms with Crippen molar-refractivity contribution in [3.8, 4) is 11.5 Å². The molecule has 0 fully saturated rings. The predicted molar refractivity (Wildman–Crippen MR) is 70.3 cm³/mol. The molecule has 0 amide bonds. The number of rotatable bonds is 4. The lowest BCUT2D eigenvalue weighted by molar-refractivity contribution is 0.150. The summed E-state index contributed by atoms with van der Waals surface area (Å²) in [6, 6.07) is 4.43. The second kappa shape index (κ2) is 5.59. The zero-order valence-corrected chi connectivity index (χ0v) is 11.3. The van der Waals surface area contributed by atoms with Gasteiger partial charge in [0.15, 0.2) is 11.5 Å². The van der Waals surface area contributed by atoms with Gasteiger partial charge in [-0.3, -0.25) is 4.90 Å². The highest BCUT2D eigenvalue weighted by atomic mass is 16.5. The fraction of sp³-hybridized carbons (Fsp3) is 0.571. The molecule has 0 radical (unpaired) electrons. The predicted octanol–water partition coefficient (Wildman–Crippen LogP) is 1.62. The number of hydrogen-bond acceptors (Lipinski definition) is 4. The van der Waals surface area contributed by atoms with Gasteiger partial charge in [0, 0.05) is 19.1 Å². The number of β-amino-alcohol motifs (C(OH)–C–C–N with tert-alkyl or cyclic N) is 1. The van der Waals surface area contributed by atoms with Gasteiger partial charge in [0.05, 0.1) is 20.8 Å². The van der Waals surface area contributed by atoms with Crippen LogP contribution in [0.3, 0.4) is 0 Å². The molecule has 1 aliphatic heterocycles. The SMILES string of the molecule is COc1cc2c(cc1OC)[C@H](C)N(CCO)CC2. The van der Waals surface area contributed by atoms with Crippen LogP contribution in [0.15, 0.2) is 12.1 Å². The molecule has 1 aromatic rings. The van der Waals surface area contributed by atoms with Crippen molar-refractivity contribution in [1.82, 2.24) is 4.90 Å². The molecule has 0 unspecified atom stereocenters. The highest BCUT2D eigenvalue weighted by molar-refractivity contribution is 5.49. The molecule has 0 bridgehead atoms. The molecule has 1 atom stereocenters. The lowest BCUT2D eigenvalue weighted by atomic mass is 9.93. The number of aliphatic hydroxyl groups excluding tert-OH is 1. The van der Waals surface area contributed by atoms with Crippen LogP contribution in [-0.2, 0) is 6.42 Å². The highest BCUT2D eigenvalue weighted by Crippen LogP contribution is 2.37. The van der Waals surface area contributed by atoms with Crippen molar-refractivity contribution in [2.24, 2.45) is 0 Å². The van der Waals surface area contributed by atoms with Gasteiger partial charge in [0.1, 0.15) is 0 Å². The van der Waals surface area contributed by atoms with Gasteiger partial charge in [-0.05, 0) is 36.6 Å². The van der Waals surface area contributed by atoms with Crippen LogP contribution < -0.4 is 9.47 Å². The van der Waals surface area contributed by atoms with Crippen LogP contribution in [0.1, 0.15) is 24.1 Å². The Balaban J connectivity index is 2.35. The summed E-state index contributed by atoms with van der Waals surface area (Å²) in [6.45, 7) is 4.06. The largest absolute Gasteiger partial charge is 0.493 e. The van der Waals surface area contributed by atoms with Gasteiger partial charge in [0.2, 0.25) is 0 Å². The van der Waals surface area contributed by atoms with Crippen molar-refractivity contribution < 1.29 is 14.6 Å².